The van der Waals surface area contributed by atoms with Crippen molar-refractivity contribution in [3.63, 3.8) is 0 Å². The fourth-order valence-corrected chi connectivity index (χ4v) is 1.12. The Morgan fingerprint density at radius 2 is 2.23 bits per heavy atom. The molecule has 70 valence electrons. The molecule has 0 unspecified atom stereocenters. The lowest BCUT2D eigenvalue weighted by Crippen LogP contribution is -1.94. The van der Waals surface area contributed by atoms with Gasteiger partial charge in [-0.2, -0.15) is 0 Å². The van der Waals surface area contributed by atoms with E-state index < -0.39 is 5.82 Å². The Balaban J connectivity index is 2.73. The van der Waals surface area contributed by atoms with Crippen molar-refractivity contribution in [3.8, 4) is 0 Å². The molecule has 13 heavy (non-hydrogen) atoms. The third-order valence-corrected chi connectivity index (χ3v) is 1.88. The molecule has 0 bridgehead atoms. The Hall–Kier alpha value is -0.860. The zero-order chi connectivity index (χ0) is 9.68. The molecule has 0 saturated carbocycles. The predicted molar refractivity (Wildman–Crippen MR) is 54.1 cm³/mol. The topological polar surface area (TPSA) is 26.0 Å². The van der Waals surface area contributed by atoms with Crippen molar-refractivity contribution in [2.24, 2.45) is 5.73 Å². The van der Waals surface area contributed by atoms with Crippen LogP contribution in [-0.2, 0) is 0 Å². The number of nitrogens with two attached hydrogens (primary N) is 1. The van der Waals surface area contributed by atoms with Gasteiger partial charge in [0.2, 0.25) is 0 Å². The van der Waals surface area contributed by atoms with Crippen LogP contribution in [0.4, 0.5) is 4.39 Å². The number of hydrogen-bond acceptors (Lipinski definition) is 1. The summed E-state index contributed by atoms with van der Waals surface area (Å²) < 4.78 is 12.7. The van der Waals surface area contributed by atoms with Crippen LogP contribution < -0.4 is 5.73 Å². The number of benzene rings is 1. The summed E-state index contributed by atoms with van der Waals surface area (Å²) in [5.74, 6) is -0.391. The van der Waals surface area contributed by atoms with Crippen molar-refractivity contribution in [2.45, 2.75) is 6.42 Å². The van der Waals surface area contributed by atoms with Crippen molar-refractivity contribution in [1.82, 2.24) is 0 Å². The standard InChI is InChI=1S/C10H11ClFN/c11-9-7-8(3-1-2-6-13)4-5-10(9)12/h1,3-5,7H,2,6,13H2. The SMILES string of the molecule is NCCC=Cc1ccc(F)c(Cl)c1. The van der Waals surface area contributed by atoms with E-state index in [2.05, 4.69) is 0 Å². The summed E-state index contributed by atoms with van der Waals surface area (Å²) in [4.78, 5) is 0. The third-order valence-electron chi connectivity index (χ3n) is 1.59. The highest BCUT2D eigenvalue weighted by Crippen LogP contribution is 2.16. The van der Waals surface area contributed by atoms with Gasteiger partial charge in [0.25, 0.3) is 0 Å². The van der Waals surface area contributed by atoms with E-state index in [0.717, 1.165) is 12.0 Å². The van der Waals surface area contributed by atoms with Crippen molar-refractivity contribution in [2.75, 3.05) is 6.54 Å². The van der Waals surface area contributed by atoms with Gasteiger partial charge in [0, 0.05) is 0 Å². The summed E-state index contributed by atoms with van der Waals surface area (Å²) in [6.45, 7) is 0.616. The Kier molecular flexibility index (Phi) is 3.93. The number of hydrogen-bond donors (Lipinski definition) is 1. The van der Waals surface area contributed by atoms with Crippen LogP contribution in [0.15, 0.2) is 24.3 Å². The molecule has 0 heterocycles. The molecule has 0 fully saturated rings. The Labute approximate surface area is 82.0 Å². The average Bonchev–Trinajstić information content (AvgIpc) is 2.12. The minimum atomic E-state index is -0.391. The molecule has 0 atom stereocenters. The highest BCUT2D eigenvalue weighted by atomic mass is 35.5. The molecule has 2 N–H and O–H groups in total. The Bertz CT molecular complexity index is 310. The summed E-state index contributed by atoms with van der Waals surface area (Å²) in [5, 5.41) is 0.148. The molecule has 0 aromatic heterocycles. The van der Waals surface area contributed by atoms with Gasteiger partial charge >= 0.3 is 0 Å². The van der Waals surface area contributed by atoms with Gasteiger partial charge in [0.05, 0.1) is 5.02 Å². The molecule has 0 spiro atoms. The normalized spacial score (nSPS) is 11.0. The van der Waals surface area contributed by atoms with Crippen LogP contribution in [0.3, 0.4) is 0 Å². The molecule has 1 aromatic rings. The fraction of sp³-hybridized carbons (Fsp3) is 0.200. The van der Waals surface area contributed by atoms with E-state index >= 15 is 0 Å². The van der Waals surface area contributed by atoms with Gasteiger partial charge in [-0.1, -0.05) is 29.8 Å². The monoisotopic (exact) mass is 199 g/mol. The molecule has 0 radical (unpaired) electrons. The highest BCUT2D eigenvalue weighted by Gasteiger charge is 1.97. The van der Waals surface area contributed by atoms with E-state index in [1.807, 2.05) is 12.2 Å². The van der Waals surface area contributed by atoms with Crippen LogP contribution in [-0.4, -0.2) is 6.54 Å². The van der Waals surface area contributed by atoms with Crippen LogP contribution >= 0.6 is 11.6 Å². The maximum absolute atomic E-state index is 12.7. The van der Waals surface area contributed by atoms with Gasteiger partial charge in [-0.3, -0.25) is 0 Å². The zero-order valence-electron chi connectivity index (χ0n) is 7.13. The molecular weight excluding hydrogens is 189 g/mol. The van der Waals surface area contributed by atoms with Gasteiger partial charge in [-0.05, 0) is 30.7 Å². The molecule has 0 saturated heterocycles. The van der Waals surface area contributed by atoms with E-state index in [1.165, 1.54) is 6.07 Å². The maximum atomic E-state index is 12.7. The predicted octanol–water partition coefficient (Wildman–Crippen LogP) is 2.84. The molecule has 1 nitrogen and oxygen atoms in total. The molecule has 0 aliphatic carbocycles. The molecule has 0 aliphatic rings. The quantitative estimate of drug-likeness (QED) is 0.796. The van der Waals surface area contributed by atoms with Crippen molar-refractivity contribution < 1.29 is 4.39 Å². The lowest BCUT2D eigenvalue weighted by molar-refractivity contribution is 0.628. The van der Waals surface area contributed by atoms with Gasteiger partial charge in [-0.15, -0.1) is 0 Å². The molecule has 1 aromatic carbocycles. The smallest absolute Gasteiger partial charge is 0.141 e. The highest BCUT2D eigenvalue weighted by molar-refractivity contribution is 6.30. The second-order valence-electron chi connectivity index (χ2n) is 2.65. The molecule has 0 aliphatic heterocycles. The van der Waals surface area contributed by atoms with E-state index in [9.17, 15) is 4.39 Å². The molecule has 1 rings (SSSR count). The summed E-state index contributed by atoms with van der Waals surface area (Å²) in [5.41, 5.74) is 6.20. The minimum Gasteiger partial charge on any atom is -0.330 e. The Morgan fingerprint density at radius 3 is 2.85 bits per heavy atom. The number of rotatable bonds is 3. The molecule has 3 heteroatoms. The van der Waals surface area contributed by atoms with Gasteiger partial charge in [0.15, 0.2) is 0 Å². The second kappa shape index (κ2) is 5.00. The van der Waals surface area contributed by atoms with Crippen LogP contribution in [0.5, 0.6) is 0 Å². The molecule has 0 amide bonds. The third kappa shape index (κ3) is 3.17. The van der Waals surface area contributed by atoms with Crippen molar-refractivity contribution in [1.29, 1.82) is 0 Å². The van der Waals surface area contributed by atoms with Crippen LogP contribution in [0, 0.1) is 5.82 Å². The van der Waals surface area contributed by atoms with E-state index in [1.54, 1.807) is 12.1 Å². The fourth-order valence-electron chi connectivity index (χ4n) is 0.932. The summed E-state index contributed by atoms with van der Waals surface area (Å²) in [6.07, 6.45) is 4.62. The van der Waals surface area contributed by atoms with Gasteiger partial charge in [-0.25, -0.2) is 4.39 Å². The number of halogens is 2. The first-order valence-corrected chi connectivity index (χ1v) is 4.43. The van der Waals surface area contributed by atoms with Crippen molar-refractivity contribution >= 4 is 17.7 Å². The first-order valence-electron chi connectivity index (χ1n) is 4.05. The maximum Gasteiger partial charge on any atom is 0.141 e. The minimum absolute atomic E-state index is 0.148. The van der Waals surface area contributed by atoms with E-state index in [0.29, 0.717) is 6.54 Å². The van der Waals surface area contributed by atoms with E-state index in [4.69, 9.17) is 17.3 Å². The first kappa shape index (κ1) is 10.2. The van der Waals surface area contributed by atoms with Crippen LogP contribution in [0.2, 0.25) is 5.02 Å². The average molecular weight is 200 g/mol. The lowest BCUT2D eigenvalue weighted by Gasteiger charge is -1.95. The summed E-state index contributed by atoms with van der Waals surface area (Å²) in [6, 6.07) is 4.61. The largest absolute Gasteiger partial charge is 0.330 e. The van der Waals surface area contributed by atoms with Gasteiger partial charge < -0.3 is 5.73 Å². The lowest BCUT2D eigenvalue weighted by atomic mass is 10.2. The molecular formula is C10H11ClFN. The second-order valence-corrected chi connectivity index (χ2v) is 3.06. The first-order chi connectivity index (χ1) is 6.24. The Morgan fingerprint density at radius 1 is 1.46 bits per heavy atom. The zero-order valence-corrected chi connectivity index (χ0v) is 7.89. The van der Waals surface area contributed by atoms with Gasteiger partial charge in [0.1, 0.15) is 5.82 Å². The van der Waals surface area contributed by atoms with Crippen LogP contribution in [0.25, 0.3) is 6.08 Å². The van der Waals surface area contributed by atoms with E-state index in [-0.39, 0.29) is 5.02 Å². The summed E-state index contributed by atoms with van der Waals surface area (Å²) in [7, 11) is 0. The summed E-state index contributed by atoms with van der Waals surface area (Å²) >= 11 is 5.59. The van der Waals surface area contributed by atoms with Crippen molar-refractivity contribution in [3.05, 3.63) is 40.7 Å². The van der Waals surface area contributed by atoms with Crippen LogP contribution in [0.1, 0.15) is 12.0 Å².